The Balaban J connectivity index is 1.89. The first-order chi connectivity index (χ1) is 13.8. The van der Waals surface area contributed by atoms with Crippen molar-refractivity contribution in [2.45, 2.75) is 6.18 Å². The molecule has 0 amide bonds. The van der Waals surface area contributed by atoms with Crippen LogP contribution >= 0.6 is 23.2 Å². The second-order valence-corrected chi connectivity index (χ2v) is 7.13. The van der Waals surface area contributed by atoms with Gasteiger partial charge in [0.15, 0.2) is 0 Å². The molecule has 0 saturated carbocycles. The van der Waals surface area contributed by atoms with Crippen molar-refractivity contribution in [1.82, 2.24) is 4.98 Å². The van der Waals surface area contributed by atoms with Crippen LogP contribution < -0.4 is 4.74 Å². The van der Waals surface area contributed by atoms with Gasteiger partial charge in [-0.1, -0.05) is 53.5 Å². The number of ether oxygens (including phenoxy) is 1. The minimum Gasteiger partial charge on any atom is -0.437 e. The Labute approximate surface area is 174 Å². The monoisotopic (exact) mass is 433 g/mol. The lowest BCUT2D eigenvalue weighted by Crippen LogP contribution is -2.04. The van der Waals surface area contributed by atoms with Gasteiger partial charge in [-0.2, -0.15) is 13.2 Å². The molecule has 4 rings (SSSR count). The van der Waals surface area contributed by atoms with Gasteiger partial charge in [-0.25, -0.2) is 4.98 Å². The van der Waals surface area contributed by atoms with Gasteiger partial charge >= 0.3 is 6.18 Å². The molecule has 29 heavy (non-hydrogen) atoms. The van der Waals surface area contributed by atoms with Crippen molar-refractivity contribution in [3.05, 3.63) is 88.4 Å². The minimum atomic E-state index is -4.46. The van der Waals surface area contributed by atoms with E-state index in [0.717, 1.165) is 17.5 Å². The first kappa shape index (κ1) is 19.6. The molecule has 0 aliphatic heterocycles. The van der Waals surface area contributed by atoms with E-state index in [9.17, 15) is 13.2 Å². The van der Waals surface area contributed by atoms with Gasteiger partial charge < -0.3 is 4.74 Å². The van der Waals surface area contributed by atoms with Gasteiger partial charge in [0.2, 0.25) is 5.88 Å². The molecule has 0 N–H and O–H groups in total. The van der Waals surface area contributed by atoms with Crippen LogP contribution in [0.4, 0.5) is 13.2 Å². The summed E-state index contributed by atoms with van der Waals surface area (Å²) in [5.74, 6) is 0.444. The highest BCUT2D eigenvalue weighted by Crippen LogP contribution is 2.39. The molecule has 3 aromatic carbocycles. The molecule has 1 aromatic heterocycles. The van der Waals surface area contributed by atoms with Crippen molar-refractivity contribution in [3.8, 4) is 22.8 Å². The van der Waals surface area contributed by atoms with E-state index in [2.05, 4.69) is 4.98 Å². The van der Waals surface area contributed by atoms with Crippen molar-refractivity contribution >= 4 is 34.1 Å². The van der Waals surface area contributed by atoms with Gasteiger partial charge in [-0.15, -0.1) is 0 Å². The molecular weight excluding hydrogens is 422 g/mol. The molecule has 0 atom stereocenters. The van der Waals surface area contributed by atoms with Crippen molar-refractivity contribution in [2.24, 2.45) is 0 Å². The Kier molecular flexibility index (Phi) is 5.11. The van der Waals surface area contributed by atoms with Crippen molar-refractivity contribution in [2.75, 3.05) is 0 Å². The second-order valence-electron chi connectivity index (χ2n) is 6.29. The molecule has 1 heterocycles. The molecule has 4 aromatic rings. The maximum atomic E-state index is 13.2. The molecule has 0 bridgehead atoms. The van der Waals surface area contributed by atoms with Gasteiger partial charge in [0.1, 0.15) is 5.75 Å². The summed E-state index contributed by atoms with van der Waals surface area (Å²) in [4.78, 5) is 4.51. The number of hydrogen-bond donors (Lipinski definition) is 0. The number of aromatic nitrogens is 1. The minimum absolute atomic E-state index is 0.146. The molecule has 7 heteroatoms. The third-order valence-corrected chi connectivity index (χ3v) is 4.82. The summed E-state index contributed by atoms with van der Waals surface area (Å²) in [7, 11) is 0. The van der Waals surface area contributed by atoms with E-state index in [1.807, 2.05) is 18.2 Å². The molecule has 0 spiro atoms. The van der Waals surface area contributed by atoms with E-state index in [-0.39, 0.29) is 10.9 Å². The highest BCUT2D eigenvalue weighted by molar-refractivity contribution is 6.35. The van der Waals surface area contributed by atoms with Gasteiger partial charge in [0.05, 0.1) is 16.1 Å². The predicted molar refractivity (Wildman–Crippen MR) is 109 cm³/mol. The van der Waals surface area contributed by atoms with Crippen LogP contribution in [0, 0.1) is 0 Å². The average Bonchev–Trinajstić information content (AvgIpc) is 2.69. The molecule has 0 unspecified atom stereocenters. The van der Waals surface area contributed by atoms with Crippen LogP contribution in [0.15, 0.2) is 72.8 Å². The van der Waals surface area contributed by atoms with Crippen molar-refractivity contribution in [1.29, 1.82) is 0 Å². The molecule has 0 radical (unpaired) electrons. The van der Waals surface area contributed by atoms with E-state index in [1.165, 1.54) is 12.1 Å². The lowest BCUT2D eigenvalue weighted by Gasteiger charge is -2.14. The van der Waals surface area contributed by atoms with Crippen LogP contribution in [0.5, 0.6) is 11.6 Å². The summed E-state index contributed by atoms with van der Waals surface area (Å²) >= 11 is 12.1. The van der Waals surface area contributed by atoms with E-state index in [0.29, 0.717) is 27.4 Å². The largest absolute Gasteiger partial charge is 0.437 e. The SMILES string of the molecule is FC(F)(F)c1cccc(-c2cc3ccccc3nc2Oc2ccc(Cl)cc2Cl)c1. The normalized spacial score (nSPS) is 11.6. The summed E-state index contributed by atoms with van der Waals surface area (Å²) in [6.07, 6.45) is -4.46. The lowest BCUT2D eigenvalue weighted by atomic mass is 10.0. The van der Waals surface area contributed by atoms with Gasteiger partial charge in [-0.3, -0.25) is 0 Å². The maximum Gasteiger partial charge on any atom is 0.416 e. The quantitative estimate of drug-likeness (QED) is 0.326. The summed E-state index contributed by atoms with van der Waals surface area (Å²) in [5, 5.41) is 1.48. The van der Waals surface area contributed by atoms with E-state index < -0.39 is 11.7 Å². The second kappa shape index (κ2) is 7.58. The van der Waals surface area contributed by atoms with E-state index in [4.69, 9.17) is 27.9 Å². The highest BCUT2D eigenvalue weighted by atomic mass is 35.5. The molecular formula is C22H12Cl2F3NO. The summed E-state index contributed by atoms with van der Waals surface area (Å²) < 4.78 is 45.5. The number of rotatable bonds is 3. The van der Waals surface area contributed by atoms with Crippen molar-refractivity contribution in [3.63, 3.8) is 0 Å². The number of nitrogens with zero attached hydrogens (tertiary/aromatic N) is 1. The first-order valence-electron chi connectivity index (χ1n) is 8.51. The summed E-state index contributed by atoms with van der Waals surface area (Å²) in [5.41, 5.74) is 0.640. The molecule has 146 valence electrons. The third kappa shape index (κ3) is 4.16. The zero-order valence-electron chi connectivity index (χ0n) is 14.7. The van der Waals surface area contributed by atoms with Crippen LogP contribution in [0.2, 0.25) is 10.0 Å². The fourth-order valence-corrected chi connectivity index (χ4v) is 3.36. The van der Waals surface area contributed by atoms with Crippen LogP contribution in [0.1, 0.15) is 5.56 Å². The van der Waals surface area contributed by atoms with Crippen molar-refractivity contribution < 1.29 is 17.9 Å². The van der Waals surface area contributed by atoms with Crippen LogP contribution in [0.3, 0.4) is 0 Å². The number of hydrogen-bond acceptors (Lipinski definition) is 2. The number of fused-ring (bicyclic) bond motifs is 1. The highest BCUT2D eigenvalue weighted by Gasteiger charge is 2.30. The van der Waals surface area contributed by atoms with Crippen LogP contribution in [0.25, 0.3) is 22.0 Å². The molecule has 0 aliphatic rings. The van der Waals surface area contributed by atoms with E-state index in [1.54, 1.807) is 30.3 Å². The maximum absolute atomic E-state index is 13.2. The van der Waals surface area contributed by atoms with E-state index >= 15 is 0 Å². The number of pyridine rings is 1. The van der Waals surface area contributed by atoms with Crippen LogP contribution in [-0.4, -0.2) is 4.98 Å². The van der Waals surface area contributed by atoms with Gasteiger partial charge in [0, 0.05) is 16.0 Å². The Morgan fingerprint density at radius 2 is 1.62 bits per heavy atom. The molecule has 0 fully saturated rings. The summed E-state index contributed by atoms with van der Waals surface area (Å²) in [6.45, 7) is 0. The van der Waals surface area contributed by atoms with Gasteiger partial charge in [-0.05, 0) is 48.0 Å². The Bertz CT molecular complexity index is 1210. The van der Waals surface area contributed by atoms with Gasteiger partial charge in [0.25, 0.3) is 0 Å². The third-order valence-electron chi connectivity index (χ3n) is 4.29. The molecule has 0 saturated heterocycles. The lowest BCUT2D eigenvalue weighted by molar-refractivity contribution is -0.137. The topological polar surface area (TPSA) is 22.1 Å². The predicted octanol–water partition coefficient (Wildman–Crippen LogP) is 8.02. The number of halogens is 5. The Morgan fingerprint density at radius 3 is 2.38 bits per heavy atom. The zero-order valence-corrected chi connectivity index (χ0v) is 16.2. The zero-order chi connectivity index (χ0) is 20.6. The smallest absolute Gasteiger partial charge is 0.416 e. The Morgan fingerprint density at radius 1 is 0.828 bits per heavy atom. The fourth-order valence-electron chi connectivity index (χ4n) is 2.91. The number of benzene rings is 3. The molecule has 0 aliphatic carbocycles. The van der Waals surface area contributed by atoms with Crippen LogP contribution in [-0.2, 0) is 6.18 Å². The summed E-state index contributed by atoms with van der Waals surface area (Å²) in [6, 6.07) is 18.8. The fraction of sp³-hybridized carbons (Fsp3) is 0.0455. The average molecular weight is 434 g/mol. The number of alkyl halides is 3. The molecule has 2 nitrogen and oxygen atoms in total. The standard InChI is InChI=1S/C22H12Cl2F3NO/c23-16-8-9-20(18(24)12-16)29-21-17(11-14-4-1-2-7-19(14)28-21)13-5-3-6-15(10-13)22(25,26)27/h1-12H. The first-order valence-corrected chi connectivity index (χ1v) is 9.27. The number of para-hydroxylation sites is 1. The Hall–Kier alpha value is -2.76.